The van der Waals surface area contributed by atoms with Crippen LogP contribution >= 0.6 is 0 Å². The highest BCUT2D eigenvalue weighted by Crippen LogP contribution is 2.18. The minimum atomic E-state index is 0.842. The van der Waals surface area contributed by atoms with Crippen LogP contribution in [0.1, 0.15) is 39.0 Å². The van der Waals surface area contributed by atoms with Gasteiger partial charge in [-0.15, -0.1) is 0 Å². The highest BCUT2D eigenvalue weighted by molar-refractivity contribution is 4.78. The monoisotopic (exact) mass is 253 g/mol. The maximum atomic E-state index is 3.47. The zero-order chi connectivity index (χ0) is 12.8. The zero-order valence-electron chi connectivity index (χ0n) is 12.3. The SMILES string of the molecule is CCN1CCC(N(C)CCCC2CCNC2)CC1. The van der Waals surface area contributed by atoms with Gasteiger partial charge in [0.05, 0.1) is 0 Å². The van der Waals surface area contributed by atoms with E-state index in [1.54, 1.807) is 0 Å². The second-order valence-electron chi connectivity index (χ2n) is 6.15. The van der Waals surface area contributed by atoms with Crippen molar-refractivity contribution in [1.82, 2.24) is 15.1 Å². The predicted octanol–water partition coefficient (Wildman–Crippen LogP) is 1.79. The molecule has 2 rings (SSSR count). The molecular formula is C15H31N3. The Morgan fingerprint density at radius 1 is 1.22 bits per heavy atom. The van der Waals surface area contributed by atoms with E-state index in [2.05, 4.69) is 29.1 Å². The highest BCUT2D eigenvalue weighted by atomic mass is 15.2. The lowest BCUT2D eigenvalue weighted by molar-refractivity contribution is 0.129. The molecule has 0 radical (unpaired) electrons. The summed E-state index contributed by atoms with van der Waals surface area (Å²) in [6.07, 6.45) is 6.95. The van der Waals surface area contributed by atoms with E-state index in [4.69, 9.17) is 0 Å². The Balaban J connectivity index is 1.58. The summed E-state index contributed by atoms with van der Waals surface area (Å²) in [5.41, 5.74) is 0. The molecule has 2 saturated heterocycles. The molecule has 2 heterocycles. The first-order valence-corrected chi connectivity index (χ1v) is 7.93. The molecule has 1 N–H and O–H groups in total. The minimum Gasteiger partial charge on any atom is -0.316 e. The van der Waals surface area contributed by atoms with Gasteiger partial charge < -0.3 is 15.1 Å². The van der Waals surface area contributed by atoms with E-state index in [0.717, 1.165) is 12.0 Å². The van der Waals surface area contributed by atoms with Gasteiger partial charge in [-0.05, 0) is 84.3 Å². The number of likely N-dealkylation sites (tertiary alicyclic amines) is 1. The summed E-state index contributed by atoms with van der Waals surface area (Å²) in [5.74, 6) is 0.959. The van der Waals surface area contributed by atoms with E-state index in [-0.39, 0.29) is 0 Å². The van der Waals surface area contributed by atoms with E-state index in [1.165, 1.54) is 71.4 Å². The van der Waals surface area contributed by atoms with Crippen LogP contribution in [0.25, 0.3) is 0 Å². The first kappa shape index (κ1) is 14.3. The first-order chi connectivity index (χ1) is 8.79. The van der Waals surface area contributed by atoms with Crippen LogP contribution in [0.5, 0.6) is 0 Å². The van der Waals surface area contributed by atoms with Crippen molar-refractivity contribution in [3.8, 4) is 0 Å². The molecule has 1 atom stereocenters. The average Bonchev–Trinajstić information content (AvgIpc) is 2.92. The average molecular weight is 253 g/mol. The molecule has 1 unspecified atom stereocenters. The van der Waals surface area contributed by atoms with Gasteiger partial charge in [-0.25, -0.2) is 0 Å². The van der Waals surface area contributed by atoms with Crippen molar-refractivity contribution in [2.45, 2.75) is 45.1 Å². The Bertz CT molecular complexity index is 218. The first-order valence-electron chi connectivity index (χ1n) is 7.93. The quantitative estimate of drug-likeness (QED) is 0.778. The van der Waals surface area contributed by atoms with Gasteiger partial charge in [0.1, 0.15) is 0 Å². The van der Waals surface area contributed by atoms with Gasteiger partial charge in [-0.3, -0.25) is 0 Å². The third-order valence-electron chi connectivity index (χ3n) is 4.91. The molecule has 3 nitrogen and oxygen atoms in total. The third-order valence-corrected chi connectivity index (χ3v) is 4.91. The number of nitrogens with zero attached hydrogens (tertiary/aromatic N) is 2. The lowest BCUT2D eigenvalue weighted by Crippen LogP contribution is -2.43. The van der Waals surface area contributed by atoms with E-state index in [1.807, 2.05) is 0 Å². The molecule has 2 aliphatic heterocycles. The molecule has 0 aromatic rings. The molecule has 3 heteroatoms. The fraction of sp³-hybridized carbons (Fsp3) is 1.00. The van der Waals surface area contributed by atoms with Crippen LogP contribution in [-0.4, -0.2) is 62.2 Å². The van der Waals surface area contributed by atoms with Crippen molar-refractivity contribution in [3.63, 3.8) is 0 Å². The van der Waals surface area contributed by atoms with Crippen LogP contribution in [0.2, 0.25) is 0 Å². The zero-order valence-corrected chi connectivity index (χ0v) is 12.3. The topological polar surface area (TPSA) is 18.5 Å². The number of hydrogen-bond donors (Lipinski definition) is 1. The molecule has 0 aromatic carbocycles. The van der Waals surface area contributed by atoms with Crippen molar-refractivity contribution >= 4 is 0 Å². The normalized spacial score (nSPS) is 27.2. The van der Waals surface area contributed by atoms with Crippen LogP contribution in [0.15, 0.2) is 0 Å². The van der Waals surface area contributed by atoms with Gasteiger partial charge in [0, 0.05) is 6.04 Å². The molecule has 0 spiro atoms. The molecule has 0 bridgehead atoms. The van der Waals surface area contributed by atoms with Crippen molar-refractivity contribution < 1.29 is 0 Å². The summed E-state index contributed by atoms with van der Waals surface area (Å²) in [5, 5.41) is 3.47. The van der Waals surface area contributed by atoms with Crippen LogP contribution in [-0.2, 0) is 0 Å². The van der Waals surface area contributed by atoms with Gasteiger partial charge in [-0.2, -0.15) is 0 Å². The highest BCUT2D eigenvalue weighted by Gasteiger charge is 2.21. The second kappa shape index (κ2) is 7.46. The summed E-state index contributed by atoms with van der Waals surface area (Å²) in [6.45, 7) is 9.92. The number of piperidine rings is 1. The lowest BCUT2D eigenvalue weighted by Gasteiger charge is -2.36. The molecule has 2 fully saturated rings. The summed E-state index contributed by atoms with van der Waals surface area (Å²) in [4.78, 5) is 5.20. The van der Waals surface area contributed by atoms with E-state index >= 15 is 0 Å². The van der Waals surface area contributed by atoms with Crippen LogP contribution in [0.3, 0.4) is 0 Å². The van der Waals surface area contributed by atoms with Gasteiger partial charge >= 0.3 is 0 Å². The van der Waals surface area contributed by atoms with Crippen molar-refractivity contribution in [3.05, 3.63) is 0 Å². The molecule has 0 aliphatic carbocycles. The largest absolute Gasteiger partial charge is 0.316 e. The summed E-state index contributed by atoms with van der Waals surface area (Å²) in [6, 6.07) is 0.842. The molecule has 0 saturated carbocycles. The second-order valence-corrected chi connectivity index (χ2v) is 6.15. The van der Waals surface area contributed by atoms with Crippen molar-refractivity contribution in [2.24, 2.45) is 5.92 Å². The molecule has 0 aromatic heterocycles. The van der Waals surface area contributed by atoms with Crippen molar-refractivity contribution in [1.29, 1.82) is 0 Å². The summed E-state index contributed by atoms with van der Waals surface area (Å²) in [7, 11) is 2.33. The fourth-order valence-electron chi connectivity index (χ4n) is 3.45. The summed E-state index contributed by atoms with van der Waals surface area (Å²) < 4.78 is 0. The lowest BCUT2D eigenvalue weighted by atomic mass is 10.0. The molecule has 2 aliphatic rings. The van der Waals surface area contributed by atoms with Crippen LogP contribution in [0, 0.1) is 5.92 Å². The van der Waals surface area contributed by atoms with Gasteiger partial charge in [0.15, 0.2) is 0 Å². The standard InChI is InChI=1S/C15H31N3/c1-3-18-11-7-15(8-12-18)17(2)10-4-5-14-6-9-16-13-14/h14-16H,3-13H2,1-2H3. The number of rotatable bonds is 6. The Kier molecular flexibility index (Phi) is 5.93. The van der Waals surface area contributed by atoms with Gasteiger partial charge in [0.2, 0.25) is 0 Å². The Morgan fingerprint density at radius 3 is 2.61 bits per heavy atom. The molecular weight excluding hydrogens is 222 g/mol. The van der Waals surface area contributed by atoms with Crippen LogP contribution < -0.4 is 5.32 Å². The predicted molar refractivity (Wildman–Crippen MR) is 78.0 cm³/mol. The van der Waals surface area contributed by atoms with Crippen LogP contribution in [0.4, 0.5) is 0 Å². The smallest absolute Gasteiger partial charge is 0.0117 e. The molecule has 106 valence electrons. The van der Waals surface area contributed by atoms with E-state index in [0.29, 0.717) is 0 Å². The molecule has 18 heavy (non-hydrogen) atoms. The minimum absolute atomic E-state index is 0.842. The third kappa shape index (κ3) is 4.22. The summed E-state index contributed by atoms with van der Waals surface area (Å²) >= 11 is 0. The maximum absolute atomic E-state index is 3.47. The Hall–Kier alpha value is -0.120. The van der Waals surface area contributed by atoms with Gasteiger partial charge in [0.25, 0.3) is 0 Å². The maximum Gasteiger partial charge on any atom is 0.0117 e. The van der Waals surface area contributed by atoms with Gasteiger partial charge in [-0.1, -0.05) is 6.92 Å². The Labute approximate surface area is 113 Å². The van der Waals surface area contributed by atoms with E-state index < -0.39 is 0 Å². The Morgan fingerprint density at radius 2 is 2.00 bits per heavy atom. The number of nitrogens with one attached hydrogen (secondary N) is 1. The molecule has 0 amide bonds. The van der Waals surface area contributed by atoms with Crippen molar-refractivity contribution in [2.75, 3.05) is 46.3 Å². The fourth-order valence-corrected chi connectivity index (χ4v) is 3.45. The van der Waals surface area contributed by atoms with E-state index in [9.17, 15) is 0 Å². The number of hydrogen-bond acceptors (Lipinski definition) is 3.